The van der Waals surface area contributed by atoms with Gasteiger partial charge in [-0.1, -0.05) is 37.8 Å². The quantitative estimate of drug-likeness (QED) is 0.826. The first-order valence-electron chi connectivity index (χ1n) is 7.26. The van der Waals surface area contributed by atoms with Crippen LogP contribution in [-0.2, 0) is 6.54 Å². The first-order valence-corrected chi connectivity index (χ1v) is 7.64. The highest BCUT2D eigenvalue weighted by Gasteiger charge is 2.19. The predicted molar refractivity (Wildman–Crippen MR) is 80.9 cm³/mol. The van der Waals surface area contributed by atoms with Crippen molar-refractivity contribution >= 4 is 11.6 Å². The van der Waals surface area contributed by atoms with Crippen molar-refractivity contribution in [3.63, 3.8) is 0 Å². The maximum Gasteiger partial charge on any atom is 0.123 e. The Bertz CT molecular complexity index is 408. The van der Waals surface area contributed by atoms with Crippen molar-refractivity contribution in [2.45, 2.75) is 51.6 Å². The van der Waals surface area contributed by atoms with Crippen LogP contribution < -0.4 is 10.1 Å². The van der Waals surface area contributed by atoms with Crippen molar-refractivity contribution in [2.75, 3.05) is 7.11 Å². The molecular formula is C16H24ClNO. The van der Waals surface area contributed by atoms with E-state index in [1.807, 2.05) is 18.2 Å². The molecule has 0 amide bonds. The van der Waals surface area contributed by atoms with Crippen LogP contribution in [0.15, 0.2) is 18.2 Å². The average Bonchev–Trinajstić information content (AvgIpc) is 2.61. The second-order valence-corrected chi connectivity index (χ2v) is 6.00. The number of rotatable bonds is 4. The Morgan fingerprint density at radius 1 is 1.26 bits per heavy atom. The van der Waals surface area contributed by atoms with Crippen molar-refractivity contribution in [1.82, 2.24) is 5.32 Å². The zero-order valence-corrected chi connectivity index (χ0v) is 12.7. The molecule has 0 saturated heterocycles. The van der Waals surface area contributed by atoms with Crippen LogP contribution >= 0.6 is 11.6 Å². The van der Waals surface area contributed by atoms with Gasteiger partial charge in [-0.2, -0.15) is 0 Å². The van der Waals surface area contributed by atoms with Gasteiger partial charge in [0.1, 0.15) is 5.75 Å². The summed E-state index contributed by atoms with van der Waals surface area (Å²) in [5.74, 6) is 1.67. The molecule has 1 aliphatic carbocycles. The topological polar surface area (TPSA) is 21.3 Å². The highest BCUT2D eigenvalue weighted by atomic mass is 35.5. The van der Waals surface area contributed by atoms with Crippen molar-refractivity contribution in [2.24, 2.45) is 5.92 Å². The van der Waals surface area contributed by atoms with Gasteiger partial charge in [0.15, 0.2) is 0 Å². The van der Waals surface area contributed by atoms with Crippen LogP contribution in [0.5, 0.6) is 5.75 Å². The van der Waals surface area contributed by atoms with Crippen LogP contribution in [-0.4, -0.2) is 13.2 Å². The van der Waals surface area contributed by atoms with Gasteiger partial charge in [0, 0.05) is 23.2 Å². The number of ether oxygens (including phenoxy) is 1. The zero-order chi connectivity index (χ0) is 13.7. The van der Waals surface area contributed by atoms with E-state index in [1.54, 1.807) is 7.11 Å². The summed E-state index contributed by atoms with van der Waals surface area (Å²) in [6.07, 6.45) is 6.71. The fourth-order valence-electron chi connectivity index (χ4n) is 2.92. The van der Waals surface area contributed by atoms with Gasteiger partial charge < -0.3 is 10.1 Å². The second kappa shape index (κ2) is 7.16. The second-order valence-electron chi connectivity index (χ2n) is 5.56. The van der Waals surface area contributed by atoms with Gasteiger partial charge in [0.2, 0.25) is 0 Å². The predicted octanol–water partition coefficient (Wildman–Crippen LogP) is 4.41. The number of methoxy groups -OCH3 is 1. The molecule has 2 nitrogen and oxygen atoms in total. The molecule has 0 bridgehead atoms. The Balaban J connectivity index is 1.99. The fourth-order valence-corrected chi connectivity index (χ4v) is 3.12. The van der Waals surface area contributed by atoms with Gasteiger partial charge in [0.25, 0.3) is 0 Å². The van der Waals surface area contributed by atoms with Gasteiger partial charge in [-0.05, 0) is 37.0 Å². The fraction of sp³-hybridized carbons (Fsp3) is 0.625. The van der Waals surface area contributed by atoms with E-state index < -0.39 is 0 Å². The molecule has 0 aliphatic heterocycles. The number of hydrogen-bond donors (Lipinski definition) is 1. The summed E-state index contributed by atoms with van der Waals surface area (Å²) in [4.78, 5) is 0. The van der Waals surface area contributed by atoms with Crippen molar-refractivity contribution in [1.29, 1.82) is 0 Å². The molecule has 2 unspecified atom stereocenters. The largest absolute Gasteiger partial charge is 0.496 e. The van der Waals surface area contributed by atoms with Crippen molar-refractivity contribution in [3.05, 3.63) is 28.8 Å². The number of halogens is 1. The molecule has 0 spiro atoms. The Morgan fingerprint density at radius 2 is 2.05 bits per heavy atom. The number of nitrogens with one attached hydrogen (secondary N) is 1. The van der Waals surface area contributed by atoms with Crippen LogP contribution in [0.4, 0.5) is 0 Å². The monoisotopic (exact) mass is 281 g/mol. The minimum Gasteiger partial charge on any atom is -0.496 e. The zero-order valence-electron chi connectivity index (χ0n) is 11.9. The van der Waals surface area contributed by atoms with E-state index in [1.165, 1.54) is 32.1 Å². The van der Waals surface area contributed by atoms with Crippen LogP contribution in [0.25, 0.3) is 0 Å². The Morgan fingerprint density at radius 3 is 2.84 bits per heavy atom. The molecule has 1 saturated carbocycles. The summed E-state index contributed by atoms with van der Waals surface area (Å²) in [5.41, 5.74) is 1.14. The Kier molecular flexibility index (Phi) is 5.53. The van der Waals surface area contributed by atoms with E-state index in [-0.39, 0.29) is 0 Å². The summed E-state index contributed by atoms with van der Waals surface area (Å²) in [7, 11) is 1.71. The smallest absolute Gasteiger partial charge is 0.123 e. The molecule has 1 aromatic rings. The van der Waals surface area contributed by atoms with E-state index in [0.717, 1.165) is 28.8 Å². The number of hydrogen-bond acceptors (Lipinski definition) is 2. The molecule has 0 aromatic heterocycles. The third-order valence-electron chi connectivity index (χ3n) is 4.16. The molecule has 19 heavy (non-hydrogen) atoms. The van der Waals surface area contributed by atoms with E-state index in [9.17, 15) is 0 Å². The SMILES string of the molecule is COc1ccc(Cl)cc1CNC1CCCCCC1C. The first kappa shape index (κ1) is 14.7. The van der Waals surface area contributed by atoms with Gasteiger partial charge in [-0.15, -0.1) is 0 Å². The van der Waals surface area contributed by atoms with E-state index in [4.69, 9.17) is 16.3 Å². The third-order valence-corrected chi connectivity index (χ3v) is 4.39. The van der Waals surface area contributed by atoms with Crippen molar-refractivity contribution < 1.29 is 4.74 Å². The Labute approximate surface area is 121 Å². The minimum atomic E-state index is 0.617. The Hall–Kier alpha value is -0.730. The molecule has 0 heterocycles. The molecule has 1 aromatic carbocycles. The lowest BCUT2D eigenvalue weighted by atomic mass is 9.97. The van der Waals surface area contributed by atoms with Crippen LogP contribution in [0.1, 0.15) is 44.6 Å². The van der Waals surface area contributed by atoms with Crippen LogP contribution in [0.3, 0.4) is 0 Å². The van der Waals surface area contributed by atoms with Gasteiger partial charge >= 0.3 is 0 Å². The van der Waals surface area contributed by atoms with E-state index in [0.29, 0.717) is 6.04 Å². The lowest BCUT2D eigenvalue weighted by molar-refractivity contribution is 0.350. The molecule has 1 aliphatic rings. The average molecular weight is 282 g/mol. The molecule has 2 atom stereocenters. The summed E-state index contributed by atoms with van der Waals surface area (Å²) in [6.45, 7) is 3.19. The molecular weight excluding hydrogens is 258 g/mol. The summed E-state index contributed by atoms with van der Waals surface area (Å²) in [6, 6.07) is 6.43. The molecule has 1 N–H and O–H groups in total. The van der Waals surface area contributed by atoms with Crippen LogP contribution in [0, 0.1) is 5.92 Å². The molecule has 0 radical (unpaired) electrons. The maximum atomic E-state index is 6.07. The normalized spacial score (nSPS) is 23.9. The first-order chi connectivity index (χ1) is 9.20. The van der Waals surface area contributed by atoms with Crippen molar-refractivity contribution in [3.8, 4) is 5.75 Å². The summed E-state index contributed by atoms with van der Waals surface area (Å²) < 4.78 is 5.39. The highest BCUT2D eigenvalue weighted by molar-refractivity contribution is 6.30. The molecule has 106 valence electrons. The van der Waals surface area contributed by atoms with E-state index in [2.05, 4.69) is 12.2 Å². The lowest BCUT2D eigenvalue weighted by Gasteiger charge is -2.23. The third kappa shape index (κ3) is 4.12. The van der Waals surface area contributed by atoms with Gasteiger partial charge in [-0.3, -0.25) is 0 Å². The lowest BCUT2D eigenvalue weighted by Crippen LogP contribution is -2.33. The molecule has 2 rings (SSSR count). The summed E-state index contributed by atoms with van der Waals surface area (Å²) in [5, 5.41) is 4.46. The van der Waals surface area contributed by atoms with Crippen LogP contribution in [0.2, 0.25) is 5.02 Å². The molecule has 3 heteroatoms. The molecule has 1 fully saturated rings. The highest BCUT2D eigenvalue weighted by Crippen LogP contribution is 2.25. The van der Waals surface area contributed by atoms with E-state index >= 15 is 0 Å². The van der Waals surface area contributed by atoms with Gasteiger partial charge in [-0.25, -0.2) is 0 Å². The number of benzene rings is 1. The van der Waals surface area contributed by atoms with Gasteiger partial charge in [0.05, 0.1) is 7.11 Å². The summed E-state index contributed by atoms with van der Waals surface area (Å²) >= 11 is 6.07. The minimum absolute atomic E-state index is 0.617. The maximum absolute atomic E-state index is 6.07. The standard InChI is InChI=1S/C16H24ClNO/c1-12-6-4-3-5-7-15(12)18-11-13-10-14(17)8-9-16(13)19-2/h8-10,12,15,18H,3-7,11H2,1-2H3.